The number of amides is 4. The van der Waals surface area contributed by atoms with Gasteiger partial charge < -0.3 is 4.52 Å². The number of hydrogen-bond donors (Lipinski definition) is 0. The summed E-state index contributed by atoms with van der Waals surface area (Å²) in [7, 11) is 0. The highest BCUT2D eigenvalue weighted by Gasteiger charge is 2.44. The summed E-state index contributed by atoms with van der Waals surface area (Å²) in [6.07, 6.45) is 0.507. The third-order valence-electron chi connectivity index (χ3n) is 4.89. The zero-order valence-electron chi connectivity index (χ0n) is 16.6. The number of imide groups is 2. The van der Waals surface area contributed by atoms with Crippen LogP contribution in [0.3, 0.4) is 0 Å². The number of nitrogens with zero attached hydrogens (tertiary/aromatic N) is 4. The Balaban J connectivity index is 1.44. The van der Waals surface area contributed by atoms with Crippen LogP contribution < -0.4 is 0 Å². The zero-order valence-corrected chi connectivity index (χ0v) is 17.4. The lowest BCUT2D eigenvalue weighted by molar-refractivity contribution is -0.143. The van der Waals surface area contributed by atoms with Crippen molar-refractivity contribution in [3.8, 4) is 11.4 Å². The van der Waals surface area contributed by atoms with Crippen LogP contribution in [0.2, 0.25) is 0 Å². The molecule has 0 unspecified atom stereocenters. The van der Waals surface area contributed by atoms with Crippen molar-refractivity contribution < 1.29 is 18.9 Å². The topological polar surface area (TPSA) is 96.6 Å². The van der Waals surface area contributed by atoms with Gasteiger partial charge in [0.15, 0.2) is 0 Å². The van der Waals surface area contributed by atoms with E-state index in [1.54, 1.807) is 0 Å². The van der Waals surface area contributed by atoms with E-state index in [0.717, 1.165) is 20.2 Å². The second-order valence-corrected chi connectivity index (χ2v) is 8.28. The Labute approximate surface area is 177 Å². The monoisotopic (exact) mass is 424 g/mol. The maximum absolute atomic E-state index is 12.6. The molecule has 4 rings (SSSR count). The quantitative estimate of drug-likeness (QED) is 0.426. The number of urea groups is 1. The lowest BCUT2D eigenvalue weighted by Gasteiger charge is -2.13. The average Bonchev–Trinajstić information content (AvgIpc) is 3.46. The molecule has 30 heavy (non-hydrogen) atoms. The molecule has 0 bridgehead atoms. The Bertz CT molecular complexity index is 1070. The second kappa shape index (κ2) is 8.19. The van der Waals surface area contributed by atoms with Crippen LogP contribution in [0, 0.1) is 0 Å². The van der Waals surface area contributed by atoms with Crippen molar-refractivity contribution in [3.05, 3.63) is 58.1 Å². The highest BCUT2D eigenvalue weighted by Crippen LogP contribution is 2.22. The molecule has 0 N–H and O–H groups in total. The maximum atomic E-state index is 12.6. The summed E-state index contributed by atoms with van der Waals surface area (Å²) in [5.41, 5.74) is 1.96. The molecule has 1 aliphatic rings. The van der Waals surface area contributed by atoms with Gasteiger partial charge in [-0.25, -0.2) is 9.69 Å². The third-order valence-corrected chi connectivity index (χ3v) is 5.83. The SMILES string of the molecule is CC(C)c1ccc(-c2noc(CN3C(=O)C(=O)N(CCc4cccs4)C3=O)n2)cc1. The Hall–Kier alpha value is -3.33. The molecule has 1 aromatic carbocycles. The van der Waals surface area contributed by atoms with Gasteiger partial charge in [-0.3, -0.25) is 14.5 Å². The molecule has 3 aromatic rings. The van der Waals surface area contributed by atoms with E-state index in [9.17, 15) is 14.4 Å². The smallest absolute Gasteiger partial charge is 0.334 e. The fourth-order valence-electron chi connectivity index (χ4n) is 3.15. The minimum absolute atomic E-state index is 0.0903. The first-order valence-corrected chi connectivity index (χ1v) is 10.4. The molecule has 4 amide bonds. The van der Waals surface area contributed by atoms with Crippen LogP contribution in [0.1, 0.15) is 36.1 Å². The Morgan fingerprint density at radius 3 is 2.43 bits per heavy atom. The number of carbonyl (C=O) groups excluding carboxylic acids is 3. The molecule has 0 saturated carbocycles. The fraction of sp³-hybridized carbons (Fsp3) is 0.286. The van der Waals surface area contributed by atoms with E-state index < -0.39 is 17.8 Å². The van der Waals surface area contributed by atoms with Gasteiger partial charge >= 0.3 is 17.8 Å². The van der Waals surface area contributed by atoms with E-state index >= 15 is 0 Å². The summed E-state index contributed by atoms with van der Waals surface area (Å²) in [5, 5.41) is 5.85. The first-order chi connectivity index (χ1) is 14.4. The van der Waals surface area contributed by atoms with Gasteiger partial charge in [-0.15, -0.1) is 11.3 Å². The molecule has 1 fully saturated rings. The molecule has 2 aromatic heterocycles. The third kappa shape index (κ3) is 3.88. The predicted octanol–water partition coefficient (Wildman–Crippen LogP) is 3.46. The van der Waals surface area contributed by atoms with Crippen LogP contribution >= 0.6 is 11.3 Å². The van der Waals surface area contributed by atoms with Gasteiger partial charge in [0.05, 0.1) is 0 Å². The molecule has 1 saturated heterocycles. The molecule has 154 valence electrons. The minimum atomic E-state index is -0.882. The van der Waals surface area contributed by atoms with Crippen LogP contribution in [0.5, 0.6) is 0 Å². The molecular weight excluding hydrogens is 404 g/mol. The first kappa shape index (κ1) is 20.0. The van der Waals surface area contributed by atoms with Crippen molar-refractivity contribution in [1.29, 1.82) is 0 Å². The van der Waals surface area contributed by atoms with Gasteiger partial charge in [-0.1, -0.05) is 49.3 Å². The maximum Gasteiger partial charge on any atom is 0.334 e. The zero-order chi connectivity index (χ0) is 21.3. The first-order valence-electron chi connectivity index (χ1n) is 9.56. The normalized spacial score (nSPS) is 14.4. The van der Waals surface area contributed by atoms with Crippen molar-refractivity contribution >= 4 is 29.2 Å². The number of benzene rings is 1. The molecule has 8 nitrogen and oxygen atoms in total. The second-order valence-electron chi connectivity index (χ2n) is 7.25. The molecular formula is C21H20N4O4S. The highest BCUT2D eigenvalue weighted by atomic mass is 32.1. The summed E-state index contributed by atoms with van der Waals surface area (Å²) < 4.78 is 5.21. The number of hydrogen-bond acceptors (Lipinski definition) is 7. The predicted molar refractivity (Wildman–Crippen MR) is 110 cm³/mol. The van der Waals surface area contributed by atoms with Crippen LogP contribution in [0.4, 0.5) is 4.79 Å². The molecule has 0 radical (unpaired) electrons. The van der Waals surface area contributed by atoms with E-state index in [1.165, 1.54) is 16.9 Å². The van der Waals surface area contributed by atoms with Crippen molar-refractivity contribution in [2.24, 2.45) is 0 Å². The Morgan fingerprint density at radius 2 is 1.77 bits per heavy atom. The van der Waals surface area contributed by atoms with Crippen LogP contribution in [-0.4, -0.2) is 44.3 Å². The molecule has 0 aliphatic carbocycles. The van der Waals surface area contributed by atoms with Crippen molar-refractivity contribution in [3.63, 3.8) is 0 Å². The van der Waals surface area contributed by atoms with Crippen molar-refractivity contribution in [2.75, 3.05) is 6.54 Å². The van der Waals surface area contributed by atoms with Crippen molar-refractivity contribution in [1.82, 2.24) is 19.9 Å². The molecule has 1 aliphatic heterocycles. The van der Waals surface area contributed by atoms with Gasteiger partial charge in [0.25, 0.3) is 0 Å². The van der Waals surface area contributed by atoms with Crippen molar-refractivity contribution in [2.45, 2.75) is 32.7 Å². The summed E-state index contributed by atoms with van der Waals surface area (Å²) in [5.74, 6) is -0.854. The molecule has 9 heteroatoms. The number of carbonyl (C=O) groups is 3. The summed E-state index contributed by atoms with van der Waals surface area (Å²) in [6.45, 7) is 4.13. The molecule has 3 heterocycles. The summed E-state index contributed by atoms with van der Waals surface area (Å²) >= 11 is 1.53. The summed E-state index contributed by atoms with van der Waals surface area (Å²) in [4.78, 5) is 44.2. The van der Waals surface area contributed by atoms with E-state index in [0.29, 0.717) is 18.2 Å². The van der Waals surface area contributed by atoms with Crippen LogP contribution in [-0.2, 0) is 22.6 Å². The van der Waals surface area contributed by atoms with E-state index in [-0.39, 0.29) is 19.0 Å². The fourth-order valence-corrected chi connectivity index (χ4v) is 3.85. The highest BCUT2D eigenvalue weighted by molar-refractivity contribution is 7.09. The Kier molecular flexibility index (Phi) is 5.45. The summed E-state index contributed by atoms with van der Waals surface area (Å²) in [6, 6.07) is 10.9. The molecule has 0 spiro atoms. The van der Waals surface area contributed by atoms with Crippen LogP contribution in [0.25, 0.3) is 11.4 Å². The lowest BCUT2D eigenvalue weighted by Crippen LogP contribution is -2.34. The average molecular weight is 424 g/mol. The van der Waals surface area contributed by atoms with Gasteiger partial charge in [0.1, 0.15) is 6.54 Å². The standard InChI is InChI=1S/C21H20N4O4S/c1-13(2)14-5-7-15(8-6-14)18-22-17(29-23-18)12-25-20(27)19(26)24(21(25)28)10-9-16-4-3-11-30-16/h3-8,11,13H,9-10,12H2,1-2H3. The Morgan fingerprint density at radius 1 is 1.03 bits per heavy atom. The van der Waals surface area contributed by atoms with Gasteiger partial charge in [0.2, 0.25) is 11.7 Å². The minimum Gasteiger partial charge on any atom is -0.337 e. The van der Waals surface area contributed by atoms with E-state index in [1.807, 2.05) is 41.8 Å². The number of rotatable bonds is 7. The van der Waals surface area contributed by atoms with Gasteiger partial charge in [-0.05, 0) is 22.9 Å². The largest absolute Gasteiger partial charge is 0.337 e. The number of aromatic nitrogens is 2. The van der Waals surface area contributed by atoms with E-state index in [2.05, 4.69) is 24.0 Å². The molecule has 0 atom stereocenters. The number of thiophene rings is 1. The van der Waals surface area contributed by atoms with Gasteiger partial charge in [-0.2, -0.15) is 4.98 Å². The van der Waals surface area contributed by atoms with Crippen LogP contribution in [0.15, 0.2) is 46.3 Å². The lowest BCUT2D eigenvalue weighted by atomic mass is 10.0. The van der Waals surface area contributed by atoms with Gasteiger partial charge in [0, 0.05) is 23.4 Å². The van der Waals surface area contributed by atoms with E-state index in [4.69, 9.17) is 4.52 Å².